The van der Waals surface area contributed by atoms with Crippen molar-refractivity contribution in [3.8, 4) is 11.8 Å². The number of unbranched alkanes of at least 4 members (excludes halogenated alkanes) is 1. The van der Waals surface area contributed by atoms with E-state index < -0.39 is 21.3 Å². The average molecular weight is 650 g/mol. The molecule has 0 fully saturated rings. The number of anilines is 3. The molecule has 0 aliphatic rings. The molecule has 1 aromatic heterocycles. The van der Waals surface area contributed by atoms with E-state index in [-0.39, 0.29) is 33.8 Å². The van der Waals surface area contributed by atoms with E-state index in [2.05, 4.69) is 26.7 Å². The molecule has 0 aliphatic carbocycles. The van der Waals surface area contributed by atoms with Crippen molar-refractivity contribution in [3.05, 3.63) is 51.6 Å². The van der Waals surface area contributed by atoms with Crippen molar-refractivity contribution in [2.45, 2.75) is 52.9 Å². The molecule has 2 aromatic carbocycles. The van der Waals surface area contributed by atoms with E-state index in [9.17, 15) is 23.0 Å². The van der Waals surface area contributed by atoms with Gasteiger partial charge in [-0.3, -0.25) is 4.79 Å². The molecule has 1 heterocycles. The summed E-state index contributed by atoms with van der Waals surface area (Å²) in [6.45, 7) is 10.2. The number of benzene rings is 2. The zero-order valence-electron chi connectivity index (χ0n) is 24.5. The number of nitriles is 1. The van der Waals surface area contributed by atoms with Crippen molar-refractivity contribution in [2.75, 3.05) is 34.8 Å². The fraction of sp³-hybridized carbons (Fsp3) is 0.393. The van der Waals surface area contributed by atoms with Crippen molar-refractivity contribution >= 4 is 67.8 Å². The summed E-state index contributed by atoms with van der Waals surface area (Å²) in [5, 5.41) is 25.4. The molecule has 0 saturated heterocycles. The zero-order chi connectivity index (χ0) is 32.1. The molecular weight excluding hydrogens is 615 g/mol. The van der Waals surface area contributed by atoms with E-state index in [0.29, 0.717) is 48.0 Å². The Morgan fingerprint density at radius 3 is 2.37 bits per heavy atom. The first-order chi connectivity index (χ1) is 20.1. The Morgan fingerprint density at radius 2 is 1.84 bits per heavy atom. The van der Waals surface area contributed by atoms with E-state index in [4.69, 9.17) is 28.9 Å². The third-order valence-corrected chi connectivity index (χ3v) is 7.76. The molecule has 0 aliphatic heterocycles. The minimum atomic E-state index is -4.27. The minimum Gasteiger partial charge on any atom is -0.748 e. The van der Waals surface area contributed by atoms with Gasteiger partial charge < -0.3 is 20.5 Å². The topological polar surface area (TPSA) is 184 Å². The summed E-state index contributed by atoms with van der Waals surface area (Å²) >= 11 is 13.1. The molecule has 3 aromatic rings. The number of aromatic amines is 1. The lowest BCUT2D eigenvalue weighted by Crippen LogP contribution is -2.34. The number of nitrogen functional groups attached to an aromatic ring is 1. The van der Waals surface area contributed by atoms with Crippen LogP contribution in [-0.4, -0.2) is 42.8 Å². The molecule has 0 radical (unpaired) electrons. The molecule has 3 rings (SSSR count). The standard InChI is InChI=1S/C28H34Cl2N8O4S/c1-6-37(11-7-8-12-43(40,41)42)19-9-10-23(24(15-19)33-17(2)39)34-35-27-20(16-31)26(28(3,4)5)36-38(27)25-21(29)13-18(32)14-22(25)30/h9-10,13-15H,6-8,11-12,32H2,1-5H3,(H2,33,35,36,39,40,41,42). The van der Waals surface area contributed by atoms with Crippen LogP contribution in [0.5, 0.6) is 0 Å². The van der Waals surface area contributed by atoms with E-state index in [0.717, 1.165) is 5.69 Å². The Kier molecular flexibility index (Phi) is 10.8. The molecule has 230 valence electrons. The quantitative estimate of drug-likeness (QED) is 0.0762. The van der Waals surface area contributed by atoms with Crippen molar-refractivity contribution < 1.29 is 22.4 Å². The van der Waals surface area contributed by atoms with Crippen LogP contribution < -0.4 is 20.6 Å². The second kappa shape index (κ2) is 13.7. The van der Waals surface area contributed by atoms with Crippen LogP contribution in [0, 0.1) is 11.3 Å². The van der Waals surface area contributed by atoms with Crippen LogP contribution in [0.4, 0.5) is 28.6 Å². The maximum atomic E-state index is 12.1. The largest absolute Gasteiger partial charge is 0.748 e. The lowest BCUT2D eigenvalue weighted by molar-refractivity contribution is -0.643. The molecule has 0 spiro atoms. The van der Waals surface area contributed by atoms with Crippen LogP contribution >= 0.6 is 23.2 Å². The highest BCUT2D eigenvalue weighted by Gasteiger charge is 2.34. The summed E-state index contributed by atoms with van der Waals surface area (Å²) in [5.41, 5.74) is 8.36. The second-order valence-corrected chi connectivity index (χ2v) is 13.2. The Labute approximate surface area is 261 Å². The lowest BCUT2D eigenvalue weighted by atomic mass is 9.90. The van der Waals surface area contributed by atoms with Crippen molar-refractivity contribution in [3.63, 3.8) is 0 Å². The van der Waals surface area contributed by atoms with Crippen LogP contribution in [0.2, 0.25) is 10.0 Å². The number of halogens is 2. The first kappa shape index (κ1) is 33.8. The summed E-state index contributed by atoms with van der Waals surface area (Å²) < 4.78 is 34.3. The maximum Gasteiger partial charge on any atom is 0.394 e. The summed E-state index contributed by atoms with van der Waals surface area (Å²) in [6, 6.07) is 10.5. The molecule has 15 heteroatoms. The molecule has 4 N–H and O–H groups in total. The van der Waals surface area contributed by atoms with Gasteiger partial charge >= 0.3 is 5.82 Å². The summed E-state index contributed by atoms with van der Waals surface area (Å²) in [7, 11) is -4.27. The Balaban J connectivity index is 2.10. The van der Waals surface area contributed by atoms with Gasteiger partial charge in [-0.2, -0.15) is 5.26 Å². The van der Waals surface area contributed by atoms with E-state index in [1.165, 1.54) is 23.7 Å². The van der Waals surface area contributed by atoms with Gasteiger partial charge in [0.1, 0.15) is 11.8 Å². The van der Waals surface area contributed by atoms with Crippen molar-refractivity contribution in [1.29, 1.82) is 5.26 Å². The highest BCUT2D eigenvalue weighted by atomic mass is 35.5. The molecule has 43 heavy (non-hydrogen) atoms. The van der Waals surface area contributed by atoms with Gasteiger partial charge in [0.15, 0.2) is 11.3 Å². The number of nitrogens with one attached hydrogen (secondary N) is 2. The number of carbonyl (C=O) groups is 1. The Morgan fingerprint density at radius 1 is 1.19 bits per heavy atom. The Hall–Kier alpha value is -3.70. The molecular formula is C28H34Cl2N8O4S. The second-order valence-electron chi connectivity index (χ2n) is 10.8. The van der Waals surface area contributed by atoms with E-state index in [1.807, 2.05) is 32.6 Å². The van der Waals surface area contributed by atoms with Gasteiger partial charge in [-0.15, -0.1) is 4.68 Å². The summed E-state index contributed by atoms with van der Waals surface area (Å²) in [5.74, 6) is -0.612. The summed E-state index contributed by atoms with van der Waals surface area (Å²) in [4.78, 5) is 14.1. The van der Waals surface area contributed by atoms with Gasteiger partial charge in [-0.25, -0.2) is 13.5 Å². The highest BCUT2D eigenvalue weighted by molar-refractivity contribution is 7.85. The van der Waals surface area contributed by atoms with Crippen LogP contribution in [0.3, 0.4) is 0 Å². The maximum absolute atomic E-state index is 12.1. The molecule has 0 unspecified atom stereocenters. The lowest BCUT2D eigenvalue weighted by Gasteiger charge is -2.24. The predicted octanol–water partition coefficient (Wildman–Crippen LogP) is 5.88. The van der Waals surface area contributed by atoms with Crippen LogP contribution in [-0.2, 0) is 20.3 Å². The molecule has 0 atom stereocenters. The smallest absolute Gasteiger partial charge is 0.394 e. The molecule has 12 nitrogen and oxygen atoms in total. The van der Waals surface area contributed by atoms with Gasteiger partial charge in [0.2, 0.25) is 5.91 Å². The molecule has 0 bridgehead atoms. The zero-order valence-corrected chi connectivity index (χ0v) is 26.9. The van der Waals surface area contributed by atoms with Gasteiger partial charge in [0.25, 0.3) is 0 Å². The highest BCUT2D eigenvalue weighted by Crippen LogP contribution is 2.36. The first-order valence-corrected chi connectivity index (χ1v) is 15.7. The number of carbonyl (C=O) groups excluding carboxylic acids is 1. The number of amides is 1. The molecule has 1 amide bonds. The predicted molar refractivity (Wildman–Crippen MR) is 167 cm³/mol. The Bertz CT molecular complexity index is 1670. The summed E-state index contributed by atoms with van der Waals surface area (Å²) in [6.07, 6.45) is 0.729. The third kappa shape index (κ3) is 8.67. The monoisotopic (exact) mass is 648 g/mol. The number of H-pyrrole nitrogens is 1. The number of nitrogens with zero attached hydrogens (tertiary/aromatic N) is 5. The fourth-order valence-electron chi connectivity index (χ4n) is 4.40. The van der Waals surface area contributed by atoms with Crippen molar-refractivity contribution in [2.24, 2.45) is 10.2 Å². The van der Waals surface area contributed by atoms with Gasteiger partial charge in [-0.05, 0) is 55.2 Å². The normalized spacial score (nSPS) is 12.0. The van der Waals surface area contributed by atoms with Gasteiger partial charge in [0, 0.05) is 42.6 Å². The van der Waals surface area contributed by atoms with Gasteiger partial charge in [0.05, 0.1) is 36.7 Å². The third-order valence-electron chi connectivity index (χ3n) is 6.40. The van der Waals surface area contributed by atoms with Crippen molar-refractivity contribution in [1.82, 2.24) is 5.10 Å². The minimum absolute atomic E-state index is 0.141. The van der Waals surface area contributed by atoms with Crippen LogP contribution in [0.15, 0.2) is 40.6 Å². The van der Waals surface area contributed by atoms with Crippen LogP contribution in [0.1, 0.15) is 58.7 Å². The average Bonchev–Trinajstić information content (AvgIpc) is 3.25. The molecule has 0 saturated carbocycles. The van der Waals surface area contributed by atoms with E-state index >= 15 is 0 Å². The number of aromatic nitrogens is 2. The SMILES string of the molecule is CCN(CCCCS(=O)(=O)[O-])c1ccc(N=Nc2c(C#N)c(C(C)(C)C)[nH][n+]2-c2c(Cl)cc(N)cc2Cl)c(NC(C)=O)c1. The number of hydrogen-bond donors (Lipinski definition) is 3. The van der Waals surface area contributed by atoms with E-state index in [1.54, 1.807) is 18.2 Å². The van der Waals surface area contributed by atoms with Gasteiger partial charge in [-0.1, -0.05) is 44.0 Å². The number of nitrogens with two attached hydrogens (primary N) is 1. The number of rotatable bonds is 11. The first-order valence-electron chi connectivity index (χ1n) is 13.4. The number of azo groups is 1. The number of hydrogen-bond acceptors (Lipinski definition) is 9. The fourth-order valence-corrected chi connectivity index (χ4v) is 5.63. The van der Waals surface area contributed by atoms with Crippen LogP contribution in [0.25, 0.3) is 5.69 Å².